The molecule has 19 heavy (non-hydrogen) atoms. The van der Waals surface area contributed by atoms with Crippen LogP contribution in [0.5, 0.6) is 5.75 Å². The molecule has 0 saturated carbocycles. The minimum absolute atomic E-state index is 0.0848. The molecule has 0 spiro atoms. The topological polar surface area (TPSA) is 90.1 Å². The molecule has 1 amide bonds. The van der Waals surface area contributed by atoms with Crippen molar-refractivity contribution in [3.63, 3.8) is 0 Å². The van der Waals surface area contributed by atoms with Crippen LogP contribution in [0, 0.1) is 0 Å². The van der Waals surface area contributed by atoms with Crippen LogP contribution in [0.15, 0.2) is 42.9 Å². The Kier molecular flexibility index (Phi) is 4.41. The Bertz CT molecular complexity index is 528. The van der Waals surface area contributed by atoms with Crippen LogP contribution in [0.2, 0.25) is 0 Å². The quantitative estimate of drug-likeness (QED) is 0.833. The second-order valence-electron chi connectivity index (χ2n) is 3.78. The van der Waals surface area contributed by atoms with Gasteiger partial charge < -0.3 is 15.8 Å². The van der Waals surface area contributed by atoms with Crippen molar-refractivity contribution in [1.82, 2.24) is 9.97 Å². The summed E-state index contributed by atoms with van der Waals surface area (Å²) in [7, 11) is 0. The zero-order chi connectivity index (χ0) is 13.5. The van der Waals surface area contributed by atoms with Gasteiger partial charge in [-0.2, -0.15) is 0 Å². The maximum Gasteiger partial charge on any atom is 0.263 e. The first-order valence-corrected chi connectivity index (χ1v) is 5.75. The third-order valence-corrected chi connectivity index (χ3v) is 2.36. The monoisotopic (exact) mass is 258 g/mol. The lowest BCUT2D eigenvalue weighted by Crippen LogP contribution is -2.20. The molecule has 0 aliphatic heterocycles. The van der Waals surface area contributed by atoms with Crippen LogP contribution >= 0.6 is 0 Å². The fourth-order valence-electron chi connectivity index (χ4n) is 1.41. The van der Waals surface area contributed by atoms with Crippen molar-refractivity contribution in [3.8, 4) is 5.75 Å². The molecule has 2 rings (SSSR count). The number of carbonyl (C=O) groups is 1. The molecule has 3 N–H and O–H groups in total. The number of nitrogens with zero attached hydrogens (tertiary/aromatic N) is 2. The predicted molar refractivity (Wildman–Crippen MR) is 70.5 cm³/mol. The molecule has 1 aromatic carbocycles. The Hall–Kier alpha value is -2.47. The summed E-state index contributed by atoms with van der Waals surface area (Å²) in [6.45, 7) is 0.395. The summed E-state index contributed by atoms with van der Waals surface area (Å²) in [5, 5.41) is 2.58. The lowest BCUT2D eigenvalue weighted by atomic mass is 10.2. The van der Waals surface area contributed by atoms with Gasteiger partial charge in [-0.05, 0) is 17.7 Å². The summed E-state index contributed by atoms with van der Waals surface area (Å²) in [5.74, 6) is 0.726. The van der Waals surface area contributed by atoms with Crippen molar-refractivity contribution in [3.05, 3.63) is 48.4 Å². The molecule has 1 aromatic heterocycles. The molecule has 6 nitrogen and oxygen atoms in total. The van der Waals surface area contributed by atoms with Crippen LogP contribution < -0.4 is 15.8 Å². The van der Waals surface area contributed by atoms with Crippen molar-refractivity contribution in [2.45, 2.75) is 6.54 Å². The van der Waals surface area contributed by atoms with E-state index in [1.165, 1.54) is 18.6 Å². The number of nitrogens with one attached hydrogen (secondary N) is 1. The molecule has 0 aliphatic rings. The molecule has 0 atom stereocenters. The molecular weight excluding hydrogens is 244 g/mol. The number of anilines is 1. The molecule has 0 saturated heterocycles. The van der Waals surface area contributed by atoms with E-state index in [-0.39, 0.29) is 12.5 Å². The number of carbonyl (C=O) groups excluding carboxylic acids is 1. The molecule has 2 aromatic rings. The molecule has 0 bridgehead atoms. The van der Waals surface area contributed by atoms with E-state index in [1.807, 2.05) is 12.1 Å². The van der Waals surface area contributed by atoms with E-state index < -0.39 is 0 Å². The van der Waals surface area contributed by atoms with E-state index in [2.05, 4.69) is 15.3 Å². The van der Waals surface area contributed by atoms with Crippen molar-refractivity contribution in [1.29, 1.82) is 0 Å². The Morgan fingerprint density at radius 3 is 2.68 bits per heavy atom. The van der Waals surface area contributed by atoms with E-state index in [0.717, 1.165) is 5.56 Å². The van der Waals surface area contributed by atoms with Gasteiger partial charge in [-0.15, -0.1) is 0 Å². The van der Waals surface area contributed by atoms with Crippen LogP contribution in [0.4, 0.5) is 5.82 Å². The molecule has 1 heterocycles. The van der Waals surface area contributed by atoms with Gasteiger partial charge in [0.1, 0.15) is 5.75 Å². The van der Waals surface area contributed by atoms with Gasteiger partial charge in [0, 0.05) is 18.9 Å². The van der Waals surface area contributed by atoms with Gasteiger partial charge in [0.05, 0.1) is 6.20 Å². The normalized spacial score (nSPS) is 9.95. The third-order valence-electron chi connectivity index (χ3n) is 2.36. The summed E-state index contributed by atoms with van der Waals surface area (Å²) >= 11 is 0. The van der Waals surface area contributed by atoms with Gasteiger partial charge in [0.25, 0.3) is 5.91 Å². The number of aromatic nitrogens is 2. The first-order valence-electron chi connectivity index (χ1n) is 5.75. The second kappa shape index (κ2) is 6.46. The average Bonchev–Trinajstić information content (AvgIpc) is 2.47. The van der Waals surface area contributed by atoms with Crippen molar-refractivity contribution < 1.29 is 9.53 Å². The summed E-state index contributed by atoms with van der Waals surface area (Å²) in [4.78, 5) is 19.4. The molecule has 98 valence electrons. The highest BCUT2D eigenvalue weighted by Crippen LogP contribution is 2.11. The summed E-state index contributed by atoms with van der Waals surface area (Å²) in [6.07, 6.45) is 4.50. The fourth-order valence-corrected chi connectivity index (χ4v) is 1.41. The minimum Gasteiger partial charge on any atom is -0.484 e. The largest absolute Gasteiger partial charge is 0.484 e. The van der Waals surface area contributed by atoms with Crippen molar-refractivity contribution in [2.24, 2.45) is 5.73 Å². The zero-order valence-corrected chi connectivity index (χ0v) is 10.2. The Morgan fingerprint density at radius 2 is 2.05 bits per heavy atom. The number of rotatable bonds is 5. The maximum absolute atomic E-state index is 11.6. The van der Waals surface area contributed by atoms with Gasteiger partial charge in [-0.25, -0.2) is 4.98 Å². The van der Waals surface area contributed by atoms with E-state index >= 15 is 0 Å². The summed E-state index contributed by atoms with van der Waals surface area (Å²) < 4.78 is 5.34. The van der Waals surface area contributed by atoms with Crippen molar-refractivity contribution >= 4 is 11.7 Å². The first-order chi connectivity index (χ1) is 9.28. The van der Waals surface area contributed by atoms with E-state index in [4.69, 9.17) is 10.5 Å². The Balaban J connectivity index is 1.83. The van der Waals surface area contributed by atoms with Crippen LogP contribution in [-0.4, -0.2) is 22.5 Å². The van der Waals surface area contributed by atoms with Gasteiger partial charge in [-0.3, -0.25) is 9.78 Å². The highest BCUT2D eigenvalue weighted by molar-refractivity contribution is 5.90. The number of benzene rings is 1. The van der Waals surface area contributed by atoms with Crippen LogP contribution in [0.1, 0.15) is 5.56 Å². The third kappa shape index (κ3) is 4.04. The van der Waals surface area contributed by atoms with Crippen LogP contribution in [0.25, 0.3) is 0 Å². The van der Waals surface area contributed by atoms with Gasteiger partial charge in [0.2, 0.25) is 0 Å². The maximum atomic E-state index is 11.6. The van der Waals surface area contributed by atoms with E-state index in [9.17, 15) is 4.79 Å². The van der Waals surface area contributed by atoms with E-state index in [0.29, 0.717) is 18.1 Å². The molecule has 0 aliphatic carbocycles. The lowest BCUT2D eigenvalue weighted by Gasteiger charge is -2.07. The standard InChI is InChI=1S/C13H14N4O2/c14-7-10-1-3-11(4-2-10)19-9-13(18)17-12-8-15-5-6-16-12/h1-6,8H,7,9,14H2,(H,16,17,18). The van der Waals surface area contributed by atoms with E-state index in [1.54, 1.807) is 12.1 Å². The van der Waals surface area contributed by atoms with Crippen LogP contribution in [0.3, 0.4) is 0 Å². The first kappa shape index (κ1) is 13.0. The van der Waals surface area contributed by atoms with Crippen molar-refractivity contribution in [2.75, 3.05) is 11.9 Å². The average molecular weight is 258 g/mol. The number of hydrogen-bond acceptors (Lipinski definition) is 5. The highest BCUT2D eigenvalue weighted by atomic mass is 16.5. The number of amides is 1. The Morgan fingerprint density at radius 1 is 1.26 bits per heavy atom. The summed E-state index contributed by atoms with van der Waals surface area (Å²) in [6, 6.07) is 7.27. The predicted octanol–water partition coefficient (Wildman–Crippen LogP) is 0.953. The molecular formula is C13H14N4O2. The smallest absolute Gasteiger partial charge is 0.263 e. The zero-order valence-electron chi connectivity index (χ0n) is 10.2. The minimum atomic E-state index is -0.289. The summed E-state index contributed by atoms with van der Waals surface area (Å²) in [5.41, 5.74) is 6.50. The molecule has 0 unspecified atom stereocenters. The Labute approximate surface area is 110 Å². The SMILES string of the molecule is NCc1ccc(OCC(=O)Nc2cnccn2)cc1. The molecule has 0 radical (unpaired) electrons. The van der Waals surface area contributed by atoms with Gasteiger partial charge in [0.15, 0.2) is 12.4 Å². The van der Waals surface area contributed by atoms with Gasteiger partial charge >= 0.3 is 0 Å². The molecule has 0 fully saturated rings. The van der Waals surface area contributed by atoms with Gasteiger partial charge in [-0.1, -0.05) is 12.1 Å². The molecule has 6 heteroatoms. The van der Waals surface area contributed by atoms with Crippen LogP contribution in [-0.2, 0) is 11.3 Å². The fraction of sp³-hybridized carbons (Fsp3) is 0.154. The lowest BCUT2D eigenvalue weighted by molar-refractivity contribution is -0.118. The second-order valence-corrected chi connectivity index (χ2v) is 3.78. The highest BCUT2D eigenvalue weighted by Gasteiger charge is 2.04. The number of hydrogen-bond donors (Lipinski definition) is 2. The number of ether oxygens (including phenoxy) is 1. The number of nitrogens with two attached hydrogens (primary N) is 1.